The minimum atomic E-state index is 0.0167. The van der Waals surface area contributed by atoms with Crippen LogP contribution < -0.4 is 0 Å². The van der Waals surface area contributed by atoms with Crippen molar-refractivity contribution < 1.29 is 14.3 Å². The van der Waals surface area contributed by atoms with E-state index < -0.39 is 0 Å². The maximum Gasteiger partial charge on any atom is 0.274 e. The van der Waals surface area contributed by atoms with Gasteiger partial charge in [0, 0.05) is 58.4 Å². The maximum atomic E-state index is 12.5. The van der Waals surface area contributed by atoms with Gasteiger partial charge in [0.1, 0.15) is 5.69 Å². The summed E-state index contributed by atoms with van der Waals surface area (Å²) in [4.78, 5) is 28.5. The number of nitrogens with zero attached hydrogens (tertiary/aromatic N) is 4. The molecule has 138 valence electrons. The number of amides is 2. The van der Waals surface area contributed by atoms with Crippen molar-refractivity contribution in [2.75, 3.05) is 39.9 Å². The molecule has 2 aliphatic rings. The van der Waals surface area contributed by atoms with Crippen LogP contribution >= 0.6 is 0 Å². The van der Waals surface area contributed by atoms with Gasteiger partial charge in [-0.2, -0.15) is 5.10 Å². The highest BCUT2D eigenvalue weighted by Gasteiger charge is 2.32. The Morgan fingerprint density at radius 1 is 1.32 bits per heavy atom. The van der Waals surface area contributed by atoms with E-state index in [9.17, 15) is 9.59 Å². The van der Waals surface area contributed by atoms with Crippen LogP contribution in [0.4, 0.5) is 0 Å². The molecule has 0 aromatic carbocycles. The van der Waals surface area contributed by atoms with Crippen LogP contribution in [0.25, 0.3) is 0 Å². The third-order valence-electron chi connectivity index (χ3n) is 5.26. The second kappa shape index (κ2) is 7.99. The average Bonchev–Trinajstić information content (AvgIpc) is 3.22. The maximum absolute atomic E-state index is 12.5. The minimum Gasteiger partial charge on any atom is -0.384 e. The molecule has 2 aliphatic heterocycles. The van der Waals surface area contributed by atoms with Gasteiger partial charge in [-0.25, -0.2) is 0 Å². The number of aryl methyl sites for hydroxylation is 1. The van der Waals surface area contributed by atoms with Crippen molar-refractivity contribution in [2.24, 2.45) is 11.8 Å². The lowest BCUT2D eigenvalue weighted by Crippen LogP contribution is -2.42. The molecule has 3 rings (SSSR count). The highest BCUT2D eigenvalue weighted by Crippen LogP contribution is 2.24. The fourth-order valence-electron chi connectivity index (χ4n) is 3.82. The number of piperidine rings is 1. The van der Waals surface area contributed by atoms with Crippen LogP contribution in [-0.2, 0) is 16.1 Å². The largest absolute Gasteiger partial charge is 0.384 e. The van der Waals surface area contributed by atoms with Crippen LogP contribution in [0, 0.1) is 11.8 Å². The number of carbonyl (C=O) groups excluding carboxylic acids is 2. The fraction of sp³-hybridized carbons (Fsp3) is 0.722. The SMILES string of the molecule is CCn1ccc(C(=O)N2CCC(CN3CC(COC)CC3=O)CC2)n1. The predicted octanol–water partition coefficient (Wildman–Crippen LogP) is 1.25. The van der Waals surface area contributed by atoms with Crippen LogP contribution in [0.5, 0.6) is 0 Å². The second-order valence-corrected chi connectivity index (χ2v) is 7.12. The lowest BCUT2D eigenvalue weighted by atomic mass is 9.96. The van der Waals surface area contributed by atoms with Crippen molar-refractivity contribution in [3.8, 4) is 0 Å². The summed E-state index contributed by atoms with van der Waals surface area (Å²) < 4.78 is 6.95. The van der Waals surface area contributed by atoms with Crippen LogP contribution in [-0.4, -0.2) is 71.3 Å². The van der Waals surface area contributed by atoms with E-state index in [2.05, 4.69) is 5.10 Å². The molecule has 7 nitrogen and oxygen atoms in total. The Morgan fingerprint density at radius 3 is 2.72 bits per heavy atom. The summed E-state index contributed by atoms with van der Waals surface area (Å²) in [7, 11) is 1.68. The molecule has 0 spiro atoms. The molecule has 0 aliphatic carbocycles. The standard InChI is InChI=1S/C18H28N4O3/c1-3-22-9-6-16(19-22)18(24)20-7-4-14(5-8-20)11-21-12-15(13-25-2)10-17(21)23/h6,9,14-15H,3-5,7-8,10-13H2,1-2H3. The highest BCUT2D eigenvalue weighted by molar-refractivity contribution is 5.92. The lowest BCUT2D eigenvalue weighted by Gasteiger charge is -2.33. The number of carbonyl (C=O) groups is 2. The van der Waals surface area contributed by atoms with Crippen molar-refractivity contribution in [3.05, 3.63) is 18.0 Å². The van der Waals surface area contributed by atoms with Gasteiger partial charge >= 0.3 is 0 Å². The molecule has 2 saturated heterocycles. The van der Waals surface area contributed by atoms with Gasteiger partial charge in [-0.1, -0.05) is 0 Å². The number of hydrogen-bond donors (Lipinski definition) is 0. The first-order valence-electron chi connectivity index (χ1n) is 9.20. The molecule has 0 radical (unpaired) electrons. The van der Waals surface area contributed by atoms with Crippen LogP contribution in [0.15, 0.2) is 12.3 Å². The number of hydrogen-bond acceptors (Lipinski definition) is 4. The number of ether oxygens (including phenoxy) is 1. The van der Waals surface area contributed by atoms with Gasteiger partial charge in [0.25, 0.3) is 5.91 Å². The summed E-state index contributed by atoms with van der Waals surface area (Å²) in [5.41, 5.74) is 0.525. The molecule has 0 saturated carbocycles. The van der Waals surface area contributed by atoms with Gasteiger partial charge in [-0.15, -0.1) is 0 Å². The smallest absolute Gasteiger partial charge is 0.274 e. The van der Waals surface area contributed by atoms with E-state index in [1.807, 2.05) is 22.9 Å². The number of aromatic nitrogens is 2. The molecular weight excluding hydrogens is 320 g/mol. The monoisotopic (exact) mass is 348 g/mol. The van der Waals surface area contributed by atoms with Gasteiger partial charge < -0.3 is 14.5 Å². The Bertz CT molecular complexity index is 607. The predicted molar refractivity (Wildman–Crippen MR) is 93.1 cm³/mol. The summed E-state index contributed by atoms with van der Waals surface area (Å²) in [5, 5.41) is 4.30. The van der Waals surface area contributed by atoms with Gasteiger partial charge in [-0.05, 0) is 31.7 Å². The third kappa shape index (κ3) is 4.21. The van der Waals surface area contributed by atoms with Crippen LogP contribution in [0.1, 0.15) is 36.7 Å². The normalized spacial score (nSPS) is 22.0. The summed E-state index contributed by atoms with van der Waals surface area (Å²) in [5.74, 6) is 1.06. The van der Waals surface area contributed by atoms with E-state index in [0.717, 1.165) is 45.6 Å². The van der Waals surface area contributed by atoms with Crippen molar-refractivity contribution >= 4 is 11.8 Å². The van der Waals surface area contributed by atoms with Crippen LogP contribution in [0.2, 0.25) is 0 Å². The molecule has 1 aromatic heterocycles. The Hall–Kier alpha value is -1.89. The molecular formula is C18H28N4O3. The van der Waals surface area contributed by atoms with E-state index in [1.54, 1.807) is 17.9 Å². The van der Waals surface area contributed by atoms with Crippen molar-refractivity contribution in [3.63, 3.8) is 0 Å². The average molecular weight is 348 g/mol. The quantitative estimate of drug-likeness (QED) is 0.776. The molecule has 1 atom stereocenters. The van der Waals surface area contributed by atoms with Gasteiger partial charge in [0.05, 0.1) is 6.61 Å². The highest BCUT2D eigenvalue weighted by atomic mass is 16.5. The lowest BCUT2D eigenvalue weighted by molar-refractivity contribution is -0.128. The summed E-state index contributed by atoms with van der Waals surface area (Å²) in [6, 6.07) is 1.79. The molecule has 2 amide bonds. The molecule has 0 N–H and O–H groups in total. The number of likely N-dealkylation sites (tertiary alicyclic amines) is 2. The van der Waals surface area contributed by atoms with Crippen molar-refractivity contribution in [1.29, 1.82) is 0 Å². The van der Waals surface area contributed by atoms with Gasteiger partial charge in [0.2, 0.25) is 5.91 Å². The third-order valence-corrected chi connectivity index (χ3v) is 5.26. The summed E-state index contributed by atoms with van der Waals surface area (Å²) >= 11 is 0. The zero-order valence-corrected chi connectivity index (χ0v) is 15.2. The van der Waals surface area contributed by atoms with Gasteiger partial charge in [0.15, 0.2) is 0 Å². The summed E-state index contributed by atoms with van der Waals surface area (Å²) in [6.07, 6.45) is 4.33. The summed E-state index contributed by atoms with van der Waals surface area (Å²) in [6.45, 7) is 6.52. The first-order chi connectivity index (χ1) is 12.1. The Kier molecular flexibility index (Phi) is 5.73. The van der Waals surface area contributed by atoms with E-state index in [4.69, 9.17) is 4.74 Å². The topological polar surface area (TPSA) is 67.7 Å². The van der Waals surface area contributed by atoms with E-state index in [1.165, 1.54) is 0 Å². The van der Waals surface area contributed by atoms with Crippen LogP contribution in [0.3, 0.4) is 0 Å². The molecule has 7 heteroatoms. The zero-order chi connectivity index (χ0) is 17.8. The molecule has 1 aromatic rings. The Morgan fingerprint density at radius 2 is 2.08 bits per heavy atom. The second-order valence-electron chi connectivity index (χ2n) is 7.12. The fourth-order valence-corrected chi connectivity index (χ4v) is 3.82. The van der Waals surface area contributed by atoms with Gasteiger partial charge in [-0.3, -0.25) is 14.3 Å². The molecule has 25 heavy (non-hydrogen) atoms. The first-order valence-corrected chi connectivity index (χ1v) is 9.20. The zero-order valence-electron chi connectivity index (χ0n) is 15.2. The molecule has 1 unspecified atom stereocenters. The van der Waals surface area contributed by atoms with Crippen molar-refractivity contribution in [1.82, 2.24) is 19.6 Å². The number of methoxy groups -OCH3 is 1. The molecule has 2 fully saturated rings. The van der Waals surface area contributed by atoms with Crippen molar-refractivity contribution in [2.45, 2.75) is 32.7 Å². The van der Waals surface area contributed by atoms with E-state index in [0.29, 0.717) is 30.6 Å². The van der Waals surface area contributed by atoms with E-state index >= 15 is 0 Å². The number of rotatable bonds is 6. The minimum absolute atomic E-state index is 0.0167. The molecule has 3 heterocycles. The Balaban J connectivity index is 1.47. The van der Waals surface area contributed by atoms with E-state index in [-0.39, 0.29) is 11.8 Å². The Labute approximate surface area is 148 Å². The molecule has 0 bridgehead atoms. The first kappa shape index (κ1) is 17.9.